The third kappa shape index (κ3) is 7.34. The van der Waals surface area contributed by atoms with Crippen molar-refractivity contribution in [1.82, 2.24) is 0 Å². The fourth-order valence-corrected chi connectivity index (χ4v) is 4.18. The summed E-state index contributed by atoms with van der Waals surface area (Å²) >= 11 is 6.58. The first-order chi connectivity index (χ1) is 11.0. The summed E-state index contributed by atoms with van der Waals surface area (Å²) in [5.74, 6) is 0. The molecule has 2 atom stereocenters. The summed E-state index contributed by atoms with van der Waals surface area (Å²) in [4.78, 5) is -0.231. The van der Waals surface area contributed by atoms with Gasteiger partial charge in [0.25, 0.3) is 0 Å². The summed E-state index contributed by atoms with van der Waals surface area (Å²) in [6.45, 7) is 8.74. The van der Waals surface area contributed by atoms with Gasteiger partial charge in [-0.15, -0.1) is 11.6 Å². The summed E-state index contributed by atoms with van der Waals surface area (Å²) in [6.07, 6.45) is 19.3. The fraction of sp³-hybridized carbons (Fsp3) is 1.00. The topological polar surface area (TPSA) is 12.5 Å². The molecule has 0 radical (unpaired) electrons. The van der Waals surface area contributed by atoms with Crippen LogP contribution in [0.1, 0.15) is 118 Å². The molecule has 2 heteroatoms. The molecule has 1 rings (SSSR count). The Morgan fingerprint density at radius 3 is 1.70 bits per heavy atom. The average Bonchev–Trinajstić information content (AvgIpc) is 3.19. The molecule has 0 aromatic carbocycles. The summed E-state index contributed by atoms with van der Waals surface area (Å²) in [7, 11) is 0. The fourth-order valence-electron chi connectivity index (χ4n) is 3.92. The van der Waals surface area contributed by atoms with Crippen molar-refractivity contribution in [2.45, 2.75) is 134 Å². The lowest BCUT2D eigenvalue weighted by Gasteiger charge is -2.25. The Kier molecular flexibility index (Phi) is 10.2. The smallest absolute Gasteiger partial charge is 0.113 e. The zero-order valence-corrected chi connectivity index (χ0v) is 17.0. The van der Waals surface area contributed by atoms with Crippen molar-refractivity contribution in [2.24, 2.45) is 0 Å². The van der Waals surface area contributed by atoms with Gasteiger partial charge in [0.2, 0.25) is 0 Å². The number of halogens is 1. The lowest BCUT2D eigenvalue weighted by atomic mass is 9.85. The van der Waals surface area contributed by atoms with Crippen molar-refractivity contribution in [3.63, 3.8) is 0 Å². The normalized spacial score (nSPS) is 24.1. The molecular weight excluding hydrogens is 304 g/mol. The van der Waals surface area contributed by atoms with Gasteiger partial charge in [-0.05, 0) is 26.7 Å². The van der Waals surface area contributed by atoms with Crippen LogP contribution in [0, 0.1) is 0 Å². The highest BCUT2D eigenvalue weighted by Crippen LogP contribution is 2.53. The molecule has 1 aliphatic heterocycles. The van der Waals surface area contributed by atoms with Crippen LogP contribution < -0.4 is 0 Å². The molecule has 1 saturated heterocycles. The van der Waals surface area contributed by atoms with E-state index in [0.29, 0.717) is 6.10 Å². The van der Waals surface area contributed by atoms with E-state index in [9.17, 15) is 0 Å². The average molecular weight is 345 g/mol. The number of hydrogen-bond acceptors (Lipinski definition) is 1. The molecule has 23 heavy (non-hydrogen) atoms. The van der Waals surface area contributed by atoms with Gasteiger partial charge in [-0.25, -0.2) is 0 Å². The molecule has 0 aromatic heterocycles. The van der Waals surface area contributed by atoms with Crippen LogP contribution in [0.5, 0.6) is 0 Å². The van der Waals surface area contributed by atoms with Crippen molar-refractivity contribution in [2.75, 3.05) is 0 Å². The molecule has 1 aliphatic rings. The number of alkyl halides is 1. The molecule has 0 N–H and O–H groups in total. The minimum absolute atomic E-state index is 0.0399. The number of unbranched alkanes of at least 4 members (excludes halogenated alkanes) is 10. The molecule has 0 aromatic rings. The Morgan fingerprint density at radius 1 is 0.783 bits per heavy atom. The van der Waals surface area contributed by atoms with E-state index in [1.54, 1.807) is 0 Å². The summed E-state index contributed by atoms with van der Waals surface area (Å²) in [5.41, 5.74) is -0.0399. The van der Waals surface area contributed by atoms with E-state index in [2.05, 4.69) is 27.7 Å². The summed E-state index contributed by atoms with van der Waals surface area (Å²) in [6, 6.07) is 0. The van der Waals surface area contributed by atoms with Crippen molar-refractivity contribution in [1.29, 1.82) is 0 Å². The molecule has 0 aliphatic carbocycles. The molecule has 1 heterocycles. The van der Waals surface area contributed by atoms with Crippen LogP contribution in [0.4, 0.5) is 0 Å². The number of ether oxygens (including phenoxy) is 1. The van der Waals surface area contributed by atoms with Crippen LogP contribution in [0.15, 0.2) is 0 Å². The van der Waals surface area contributed by atoms with Gasteiger partial charge in [-0.3, -0.25) is 0 Å². The summed E-state index contributed by atoms with van der Waals surface area (Å²) in [5, 5.41) is 0. The second-order valence-corrected chi connectivity index (χ2v) is 8.99. The molecule has 0 amide bonds. The first kappa shape index (κ1) is 21.3. The Morgan fingerprint density at radius 2 is 1.26 bits per heavy atom. The minimum Gasteiger partial charge on any atom is -0.364 e. The van der Waals surface area contributed by atoms with Crippen LogP contribution in [0.25, 0.3) is 0 Å². The van der Waals surface area contributed by atoms with E-state index in [1.807, 2.05) is 0 Å². The Labute approximate surface area is 150 Å². The van der Waals surface area contributed by atoms with Crippen LogP contribution in [0.2, 0.25) is 0 Å². The van der Waals surface area contributed by atoms with E-state index in [4.69, 9.17) is 16.3 Å². The zero-order valence-electron chi connectivity index (χ0n) is 16.3. The first-order valence-corrected chi connectivity index (χ1v) is 10.7. The van der Waals surface area contributed by atoms with Crippen LogP contribution in [-0.4, -0.2) is 16.6 Å². The number of epoxide rings is 1. The third-order valence-electron chi connectivity index (χ3n) is 5.51. The molecule has 0 bridgehead atoms. The molecule has 0 saturated carbocycles. The zero-order chi connectivity index (χ0) is 17.2. The van der Waals surface area contributed by atoms with Gasteiger partial charge in [0.05, 0.1) is 11.0 Å². The van der Waals surface area contributed by atoms with E-state index in [-0.39, 0.29) is 10.5 Å². The molecule has 138 valence electrons. The van der Waals surface area contributed by atoms with Crippen molar-refractivity contribution >= 4 is 11.6 Å². The maximum absolute atomic E-state index is 6.58. The number of rotatable bonds is 15. The second kappa shape index (κ2) is 11.0. The standard InChI is InChI=1S/C21H41ClO/c1-5-7-8-9-10-11-12-13-14-15-16-17-19-21(23-19,18-6-2)20(3,4)22/h19H,5-18H2,1-4H3. The maximum atomic E-state index is 6.58. The largest absolute Gasteiger partial charge is 0.364 e. The van der Waals surface area contributed by atoms with E-state index >= 15 is 0 Å². The lowest BCUT2D eigenvalue weighted by Crippen LogP contribution is -2.36. The van der Waals surface area contributed by atoms with Gasteiger partial charge in [0.1, 0.15) is 5.60 Å². The predicted molar refractivity (Wildman–Crippen MR) is 104 cm³/mol. The summed E-state index contributed by atoms with van der Waals surface area (Å²) < 4.78 is 6.07. The number of hydrogen-bond donors (Lipinski definition) is 0. The highest BCUT2D eigenvalue weighted by atomic mass is 35.5. The van der Waals surface area contributed by atoms with Crippen molar-refractivity contribution < 1.29 is 4.74 Å². The Balaban J connectivity index is 1.96. The van der Waals surface area contributed by atoms with Crippen LogP contribution in [0.3, 0.4) is 0 Å². The molecule has 2 unspecified atom stereocenters. The molecular formula is C21H41ClO. The van der Waals surface area contributed by atoms with Crippen LogP contribution >= 0.6 is 11.6 Å². The molecule has 1 nitrogen and oxygen atoms in total. The van der Waals surface area contributed by atoms with Gasteiger partial charge >= 0.3 is 0 Å². The van der Waals surface area contributed by atoms with Gasteiger partial charge < -0.3 is 4.74 Å². The monoisotopic (exact) mass is 344 g/mol. The predicted octanol–water partition coefficient (Wildman–Crippen LogP) is 7.64. The quantitative estimate of drug-likeness (QED) is 0.169. The molecule has 0 spiro atoms. The maximum Gasteiger partial charge on any atom is 0.113 e. The van der Waals surface area contributed by atoms with Gasteiger partial charge in [-0.2, -0.15) is 0 Å². The van der Waals surface area contributed by atoms with Gasteiger partial charge in [0.15, 0.2) is 0 Å². The van der Waals surface area contributed by atoms with Crippen molar-refractivity contribution in [3.05, 3.63) is 0 Å². The van der Waals surface area contributed by atoms with E-state index in [0.717, 1.165) is 12.8 Å². The third-order valence-corrected chi connectivity index (χ3v) is 5.83. The molecule has 1 fully saturated rings. The minimum atomic E-state index is -0.231. The van der Waals surface area contributed by atoms with E-state index < -0.39 is 0 Å². The Bertz CT molecular complexity index is 297. The van der Waals surface area contributed by atoms with Gasteiger partial charge in [0, 0.05) is 0 Å². The highest BCUT2D eigenvalue weighted by Gasteiger charge is 2.63. The Hall–Kier alpha value is 0.250. The van der Waals surface area contributed by atoms with E-state index in [1.165, 1.54) is 77.0 Å². The SMILES string of the molecule is CCCCCCCCCCCCCC1OC1(CCC)C(C)(C)Cl. The highest BCUT2D eigenvalue weighted by molar-refractivity contribution is 6.24. The first-order valence-electron chi connectivity index (χ1n) is 10.3. The van der Waals surface area contributed by atoms with Gasteiger partial charge in [-0.1, -0.05) is 90.9 Å². The van der Waals surface area contributed by atoms with Crippen molar-refractivity contribution in [3.8, 4) is 0 Å². The van der Waals surface area contributed by atoms with Crippen LogP contribution in [-0.2, 0) is 4.74 Å². The lowest BCUT2D eigenvalue weighted by molar-refractivity contribution is 0.236. The second-order valence-electron chi connectivity index (χ2n) is 8.04.